The summed E-state index contributed by atoms with van der Waals surface area (Å²) in [6.45, 7) is 5.78. The Morgan fingerprint density at radius 2 is 2.12 bits per heavy atom. The summed E-state index contributed by atoms with van der Waals surface area (Å²) in [7, 11) is 1.80. The quantitative estimate of drug-likeness (QED) is 0.786. The summed E-state index contributed by atoms with van der Waals surface area (Å²) in [6, 6.07) is 3.65. The van der Waals surface area contributed by atoms with Crippen LogP contribution in [0, 0.1) is 5.82 Å². The van der Waals surface area contributed by atoms with Crippen molar-refractivity contribution >= 4 is 38.4 Å². The highest BCUT2D eigenvalue weighted by atomic mass is 79.9. The molecule has 0 radical (unpaired) electrons. The van der Waals surface area contributed by atoms with Crippen LogP contribution in [0.1, 0.15) is 25.8 Å². The molecule has 4 nitrogen and oxygen atoms in total. The van der Waals surface area contributed by atoms with Gasteiger partial charge in [0.2, 0.25) is 5.91 Å². The van der Waals surface area contributed by atoms with Crippen LogP contribution >= 0.6 is 15.9 Å². The number of amides is 1. The van der Waals surface area contributed by atoms with E-state index in [0.29, 0.717) is 29.1 Å². The molecular formula is C18H19BrFN3O. The molecule has 4 rings (SSSR count). The van der Waals surface area contributed by atoms with E-state index < -0.39 is 5.41 Å². The number of hydrogen-bond donors (Lipinski definition) is 0. The maximum absolute atomic E-state index is 13.9. The highest BCUT2D eigenvalue weighted by molar-refractivity contribution is 9.10. The molecule has 0 aliphatic carbocycles. The van der Waals surface area contributed by atoms with Crippen molar-refractivity contribution in [3.8, 4) is 0 Å². The molecule has 0 N–H and O–H groups in total. The van der Waals surface area contributed by atoms with Crippen molar-refractivity contribution in [3.63, 3.8) is 0 Å². The number of halogens is 2. The van der Waals surface area contributed by atoms with E-state index >= 15 is 0 Å². The minimum absolute atomic E-state index is 0.117. The molecule has 3 heterocycles. The zero-order chi connectivity index (χ0) is 17.2. The monoisotopic (exact) mass is 391 g/mol. The third-order valence-electron chi connectivity index (χ3n) is 5.60. The number of aromatic nitrogens is 1. The Kier molecular flexibility index (Phi) is 3.48. The van der Waals surface area contributed by atoms with Crippen molar-refractivity contribution in [1.29, 1.82) is 0 Å². The summed E-state index contributed by atoms with van der Waals surface area (Å²) < 4.78 is 14.3. The summed E-state index contributed by atoms with van der Waals surface area (Å²) in [5.74, 6) is -0.219. The summed E-state index contributed by atoms with van der Waals surface area (Å²) in [5.41, 5.74) is 1.92. The molecule has 1 aromatic heterocycles. The Morgan fingerprint density at radius 3 is 2.79 bits per heavy atom. The smallest absolute Gasteiger partial charge is 0.240 e. The Hall–Kier alpha value is -1.53. The SMILES string of the molecule is CCC(C)N1CC2(C1)C(=O)N(C)c1cnc3cc(F)c(Br)cc3c12. The number of likely N-dealkylation sites (tertiary alicyclic amines) is 1. The number of nitrogens with zero attached hydrogens (tertiary/aromatic N) is 3. The standard InChI is InChI=1S/C18H19BrFN3O/c1-4-10(2)23-8-18(9-23)16-11-5-12(19)13(20)6-14(11)21-7-15(16)22(3)17(18)24/h5-7,10H,4,8-9H2,1-3H3. The second kappa shape index (κ2) is 5.23. The van der Waals surface area contributed by atoms with Crippen molar-refractivity contribution < 1.29 is 9.18 Å². The van der Waals surface area contributed by atoms with E-state index in [1.807, 2.05) is 0 Å². The molecule has 126 valence electrons. The average molecular weight is 392 g/mol. The first kappa shape index (κ1) is 16.0. The van der Waals surface area contributed by atoms with Gasteiger partial charge in [-0.05, 0) is 35.3 Å². The lowest BCUT2D eigenvalue weighted by Gasteiger charge is -2.49. The van der Waals surface area contributed by atoms with Gasteiger partial charge in [0.25, 0.3) is 0 Å². The topological polar surface area (TPSA) is 36.4 Å². The van der Waals surface area contributed by atoms with Crippen molar-refractivity contribution in [2.75, 3.05) is 25.0 Å². The number of benzene rings is 1. The molecule has 6 heteroatoms. The molecule has 0 saturated carbocycles. The van der Waals surface area contributed by atoms with Gasteiger partial charge >= 0.3 is 0 Å². The predicted octanol–water partition coefficient (Wildman–Crippen LogP) is 3.46. The second-order valence-corrected chi connectivity index (χ2v) is 7.76. The lowest BCUT2D eigenvalue weighted by Crippen LogP contribution is -2.65. The van der Waals surface area contributed by atoms with E-state index in [9.17, 15) is 9.18 Å². The largest absolute Gasteiger partial charge is 0.313 e. The van der Waals surface area contributed by atoms with Gasteiger partial charge in [-0.15, -0.1) is 0 Å². The van der Waals surface area contributed by atoms with Crippen molar-refractivity contribution in [2.45, 2.75) is 31.7 Å². The molecule has 1 unspecified atom stereocenters. The fourth-order valence-corrected chi connectivity index (χ4v) is 4.32. The molecular weight excluding hydrogens is 373 g/mol. The Morgan fingerprint density at radius 1 is 1.42 bits per heavy atom. The summed E-state index contributed by atoms with van der Waals surface area (Å²) in [6.07, 6.45) is 2.75. The lowest BCUT2D eigenvalue weighted by molar-refractivity contribution is -0.130. The third-order valence-corrected chi connectivity index (χ3v) is 6.21. The molecule has 1 saturated heterocycles. The Labute approximate surface area is 148 Å². The average Bonchev–Trinajstić information content (AvgIpc) is 2.75. The predicted molar refractivity (Wildman–Crippen MR) is 95.8 cm³/mol. The highest BCUT2D eigenvalue weighted by Crippen LogP contribution is 2.50. The van der Waals surface area contributed by atoms with Crippen LogP contribution < -0.4 is 4.90 Å². The summed E-state index contributed by atoms with van der Waals surface area (Å²) in [4.78, 5) is 21.4. The first-order chi connectivity index (χ1) is 11.4. The van der Waals surface area contributed by atoms with E-state index in [-0.39, 0.29) is 11.7 Å². The van der Waals surface area contributed by atoms with Crippen LogP contribution in [0.3, 0.4) is 0 Å². The van der Waals surface area contributed by atoms with E-state index in [0.717, 1.165) is 23.1 Å². The molecule has 1 amide bonds. The van der Waals surface area contributed by atoms with Crippen LogP contribution in [-0.4, -0.2) is 42.0 Å². The molecule has 2 aromatic rings. The summed E-state index contributed by atoms with van der Waals surface area (Å²) in [5, 5.41) is 0.863. The Bertz CT molecular complexity index is 863. The third kappa shape index (κ3) is 1.93. The zero-order valence-corrected chi connectivity index (χ0v) is 15.5. The van der Waals surface area contributed by atoms with E-state index in [1.54, 1.807) is 24.2 Å². The van der Waals surface area contributed by atoms with Gasteiger partial charge in [-0.25, -0.2) is 4.39 Å². The minimum atomic E-state index is -0.522. The van der Waals surface area contributed by atoms with E-state index in [1.165, 1.54) is 6.07 Å². The van der Waals surface area contributed by atoms with Crippen LogP contribution in [0.2, 0.25) is 0 Å². The second-order valence-electron chi connectivity index (χ2n) is 6.91. The van der Waals surface area contributed by atoms with Gasteiger partial charge < -0.3 is 4.90 Å². The van der Waals surface area contributed by atoms with Gasteiger partial charge in [-0.3, -0.25) is 14.7 Å². The first-order valence-corrected chi connectivity index (χ1v) is 8.99. The van der Waals surface area contributed by atoms with Crippen LogP contribution in [0.5, 0.6) is 0 Å². The molecule has 2 aliphatic rings. The van der Waals surface area contributed by atoms with Crippen molar-refractivity contribution in [2.24, 2.45) is 0 Å². The van der Waals surface area contributed by atoms with Crippen molar-refractivity contribution in [3.05, 3.63) is 34.2 Å². The zero-order valence-electron chi connectivity index (χ0n) is 13.9. The van der Waals surface area contributed by atoms with Gasteiger partial charge in [0, 0.05) is 43.2 Å². The van der Waals surface area contributed by atoms with Gasteiger partial charge in [0.15, 0.2) is 0 Å². The lowest BCUT2D eigenvalue weighted by atomic mass is 9.72. The summed E-state index contributed by atoms with van der Waals surface area (Å²) >= 11 is 3.27. The number of hydrogen-bond acceptors (Lipinski definition) is 3. The molecule has 1 atom stereocenters. The van der Waals surface area contributed by atoms with Gasteiger partial charge in [-0.1, -0.05) is 6.92 Å². The maximum Gasteiger partial charge on any atom is 0.240 e. The van der Waals surface area contributed by atoms with Crippen LogP contribution in [0.25, 0.3) is 10.9 Å². The minimum Gasteiger partial charge on any atom is -0.313 e. The fraction of sp³-hybridized carbons (Fsp3) is 0.444. The molecule has 1 spiro atoms. The van der Waals surface area contributed by atoms with Gasteiger partial charge in [-0.2, -0.15) is 0 Å². The van der Waals surface area contributed by atoms with Crippen LogP contribution in [0.4, 0.5) is 10.1 Å². The number of likely N-dealkylation sites (N-methyl/N-ethyl adjacent to an activating group) is 1. The number of carbonyl (C=O) groups excluding carboxylic acids is 1. The molecule has 1 fully saturated rings. The van der Waals surface area contributed by atoms with E-state index in [2.05, 4.69) is 39.7 Å². The highest BCUT2D eigenvalue weighted by Gasteiger charge is 2.58. The van der Waals surface area contributed by atoms with Crippen molar-refractivity contribution in [1.82, 2.24) is 9.88 Å². The first-order valence-electron chi connectivity index (χ1n) is 8.19. The molecule has 1 aromatic carbocycles. The fourth-order valence-electron chi connectivity index (χ4n) is 3.98. The number of fused-ring (bicyclic) bond motifs is 4. The Balaban J connectivity index is 1.91. The maximum atomic E-state index is 13.9. The number of pyridine rings is 1. The molecule has 2 aliphatic heterocycles. The normalized spacial score (nSPS) is 20.5. The number of anilines is 1. The van der Waals surface area contributed by atoms with Crippen LogP contribution in [0.15, 0.2) is 22.8 Å². The number of carbonyl (C=O) groups is 1. The number of rotatable bonds is 2. The van der Waals surface area contributed by atoms with E-state index in [4.69, 9.17) is 0 Å². The van der Waals surface area contributed by atoms with Gasteiger partial charge in [0.05, 0.1) is 21.9 Å². The van der Waals surface area contributed by atoms with Gasteiger partial charge in [0.1, 0.15) is 11.2 Å². The molecule has 0 bridgehead atoms. The molecule has 24 heavy (non-hydrogen) atoms. The van der Waals surface area contributed by atoms with Crippen LogP contribution in [-0.2, 0) is 10.2 Å².